The molecule has 0 radical (unpaired) electrons. The molecule has 112 valence electrons. The first-order valence-electron chi connectivity index (χ1n) is 7.51. The summed E-state index contributed by atoms with van der Waals surface area (Å²) in [5, 5.41) is 7.41. The van der Waals surface area contributed by atoms with Crippen LogP contribution in [0.4, 0.5) is 4.39 Å². The van der Waals surface area contributed by atoms with E-state index in [1.807, 2.05) is 6.07 Å². The maximum atomic E-state index is 13.7. The number of benzene rings is 1. The quantitative estimate of drug-likeness (QED) is 0.940. The fourth-order valence-corrected chi connectivity index (χ4v) is 2.98. The molecular formula is C16H20FN3O. The van der Waals surface area contributed by atoms with Gasteiger partial charge in [-0.2, -0.15) is 4.98 Å². The van der Waals surface area contributed by atoms with Crippen LogP contribution in [0.15, 0.2) is 28.8 Å². The van der Waals surface area contributed by atoms with Gasteiger partial charge >= 0.3 is 0 Å². The SMILES string of the molecule is CCC1(c2nc(Cc3ccccc3F)no2)CCNCC1. The maximum Gasteiger partial charge on any atom is 0.232 e. The molecule has 5 heteroatoms. The molecular weight excluding hydrogens is 269 g/mol. The van der Waals surface area contributed by atoms with Gasteiger partial charge in [0.15, 0.2) is 5.82 Å². The van der Waals surface area contributed by atoms with Crippen LogP contribution in [0.3, 0.4) is 0 Å². The molecule has 1 N–H and O–H groups in total. The second-order valence-electron chi connectivity index (χ2n) is 5.67. The summed E-state index contributed by atoms with van der Waals surface area (Å²) < 4.78 is 19.2. The minimum Gasteiger partial charge on any atom is -0.339 e. The highest BCUT2D eigenvalue weighted by Crippen LogP contribution is 2.35. The molecule has 3 rings (SSSR count). The largest absolute Gasteiger partial charge is 0.339 e. The molecule has 0 aliphatic carbocycles. The van der Waals surface area contributed by atoms with Gasteiger partial charge in [0.05, 0.1) is 5.41 Å². The number of aromatic nitrogens is 2. The fraction of sp³-hybridized carbons (Fsp3) is 0.500. The average molecular weight is 289 g/mol. The Labute approximate surface area is 123 Å². The standard InChI is InChI=1S/C16H20FN3O/c1-2-16(7-9-18-10-8-16)15-19-14(20-21-15)11-12-5-3-4-6-13(12)17/h3-6,18H,2,7-11H2,1H3. The second kappa shape index (κ2) is 5.93. The number of rotatable bonds is 4. The van der Waals surface area contributed by atoms with E-state index in [0.717, 1.165) is 32.4 Å². The molecule has 4 nitrogen and oxygen atoms in total. The first-order chi connectivity index (χ1) is 10.2. The van der Waals surface area contributed by atoms with Crippen LogP contribution in [0.5, 0.6) is 0 Å². The molecule has 1 saturated heterocycles. The summed E-state index contributed by atoms with van der Waals surface area (Å²) in [7, 11) is 0. The zero-order chi connectivity index (χ0) is 14.7. The van der Waals surface area contributed by atoms with Gasteiger partial charge in [-0.25, -0.2) is 4.39 Å². The van der Waals surface area contributed by atoms with Gasteiger partial charge in [0.1, 0.15) is 5.82 Å². The summed E-state index contributed by atoms with van der Waals surface area (Å²) in [5.74, 6) is 1.04. The average Bonchev–Trinajstić information content (AvgIpc) is 2.99. The van der Waals surface area contributed by atoms with Crippen LogP contribution < -0.4 is 5.32 Å². The van der Waals surface area contributed by atoms with E-state index in [9.17, 15) is 4.39 Å². The third-order valence-electron chi connectivity index (χ3n) is 4.47. The Morgan fingerprint density at radius 2 is 2.05 bits per heavy atom. The van der Waals surface area contributed by atoms with E-state index in [-0.39, 0.29) is 11.2 Å². The van der Waals surface area contributed by atoms with Gasteiger partial charge in [-0.1, -0.05) is 30.3 Å². The van der Waals surface area contributed by atoms with Crippen molar-refractivity contribution in [1.29, 1.82) is 0 Å². The molecule has 0 saturated carbocycles. The maximum absolute atomic E-state index is 13.7. The number of nitrogens with zero attached hydrogens (tertiary/aromatic N) is 2. The Bertz CT molecular complexity index is 605. The normalized spacial score (nSPS) is 17.8. The highest BCUT2D eigenvalue weighted by atomic mass is 19.1. The van der Waals surface area contributed by atoms with Crippen LogP contribution in [0.1, 0.15) is 43.5 Å². The number of halogens is 1. The van der Waals surface area contributed by atoms with Crippen molar-refractivity contribution in [1.82, 2.24) is 15.5 Å². The Kier molecular flexibility index (Phi) is 4.01. The summed E-state index contributed by atoms with van der Waals surface area (Å²) in [6.45, 7) is 4.10. The Morgan fingerprint density at radius 3 is 2.76 bits per heavy atom. The summed E-state index contributed by atoms with van der Waals surface area (Å²) in [5.41, 5.74) is 0.576. The molecule has 2 aromatic rings. The lowest BCUT2D eigenvalue weighted by Gasteiger charge is -2.33. The summed E-state index contributed by atoms with van der Waals surface area (Å²) in [4.78, 5) is 4.54. The van der Waals surface area contributed by atoms with Gasteiger partial charge in [-0.15, -0.1) is 0 Å². The van der Waals surface area contributed by atoms with Crippen molar-refractivity contribution in [3.63, 3.8) is 0 Å². The van der Waals surface area contributed by atoms with Crippen LogP contribution in [-0.4, -0.2) is 23.2 Å². The monoisotopic (exact) mass is 289 g/mol. The number of hydrogen-bond donors (Lipinski definition) is 1. The van der Waals surface area contributed by atoms with Crippen molar-refractivity contribution in [2.24, 2.45) is 0 Å². The Morgan fingerprint density at radius 1 is 1.29 bits per heavy atom. The van der Waals surface area contributed by atoms with Crippen LogP contribution in [0, 0.1) is 5.82 Å². The smallest absolute Gasteiger partial charge is 0.232 e. The second-order valence-corrected chi connectivity index (χ2v) is 5.67. The highest BCUT2D eigenvalue weighted by Gasteiger charge is 2.37. The third kappa shape index (κ3) is 2.83. The lowest BCUT2D eigenvalue weighted by molar-refractivity contribution is 0.216. The lowest BCUT2D eigenvalue weighted by atomic mass is 9.76. The molecule has 1 aromatic heterocycles. The van der Waals surface area contributed by atoms with E-state index in [1.165, 1.54) is 6.07 Å². The van der Waals surface area contributed by atoms with Gasteiger partial charge in [0, 0.05) is 6.42 Å². The van der Waals surface area contributed by atoms with Crippen LogP contribution in [-0.2, 0) is 11.8 Å². The van der Waals surface area contributed by atoms with Crippen molar-refractivity contribution in [2.45, 2.75) is 38.0 Å². The van der Waals surface area contributed by atoms with E-state index in [0.29, 0.717) is 23.7 Å². The molecule has 0 atom stereocenters. The van der Waals surface area contributed by atoms with Crippen molar-refractivity contribution in [3.8, 4) is 0 Å². The molecule has 1 aliphatic rings. The molecule has 0 bridgehead atoms. The predicted molar refractivity (Wildman–Crippen MR) is 77.6 cm³/mol. The number of piperidine rings is 1. The first-order valence-corrected chi connectivity index (χ1v) is 7.51. The van der Waals surface area contributed by atoms with Crippen LogP contribution in [0.2, 0.25) is 0 Å². The number of hydrogen-bond acceptors (Lipinski definition) is 4. The van der Waals surface area contributed by atoms with E-state index >= 15 is 0 Å². The van der Waals surface area contributed by atoms with Gasteiger partial charge in [-0.3, -0.25) is 0 Å². The zero-order valence-electron chi connectivity index (χ0n) is 12.2. The van der Waals surface area contributed by atoms with Gasteiger partial charge in [0.2, 0.25) is 5.89 Å². The minimum atomic E-state index is -0.226. The first kappa shape index (κ1) is 14.2. The van der Waals surface area contributed by atoms with Gasteiger partial charge < -0.3 is 9.84 Å². The molecule has 21 heavy (non-hydrogen) atoms. The van der Waals surface area contributed by atoms with Gasteiger partial charge in [-0.05, 0) is 44.0 Å². The van der Waals surface area contributed by atoms with Crippen molar-refractivity contribution in [2.75, 3.05) is 13.1 Å². The van der Waals surface area contributed by atoms with Crippen molar-refractivity contribution >= 4 is 0 Å². The highest BCUT2D eigenvalue weighted by molar-refractivity contribution is 5.21. The molecule has 1 aliphatic heterocycles. The Balaban J connectivity index is 1.81. The van der Waals surface area contributed by atoms with E-state index in [2.05, 4.69) is 22.4 Å². The molecule has 0 amide bonds. The van der Waals surface area contributed by atoms with Crippen molar-refractivity contribution < 1.29 is 8.91 Å². The third-order valence-corrected chi connectivity index (χ3v) is 4.47. The molecule has 0 spiro atoms. The van der Waals surface area contributed by atoms with Gasteiger partial charge in [0.25, 0.3) is 0 Å². The van der Waals surface area contributed by atoms with Crippen LogP contribution >= 0.6 is 0 Å². The summed E-state index contributed by atoms with van der Waals surface area (Å²) in [6, 6.07) is 6.71. The van der Waals surface area contributed by atoms with Crippen LogP contribution in [0.25, 0.3) is 0 Å². The molecule has 2 heterocycles. The van der Waals surface area contributed by atoms with E-state index < -0.39 is 0 Å². The molecule has 1 fully saturated rings. The lowest BCUT2D eigenvalue weighted by Crippen LogP contribution is -2.39. The topological polar surface area (TPSA) is 51.0 Å². The summed E-state index contributed by atoms with van der Waals surface area (Å²) >= 11 is 0. The predicted octanol–water partition coefficient (Wildman–Crippen LogP) is 2.83. The molecule has 1 aromatic carbocycles. The van der Waals surface area contributed by atoms with E-state index in [1.54, 1.807) is 12.1 Å². The summed E-state index contributed by atoms with van der Waals surface area (Å²) in [6.07, 6.45) is 3.36. The zero-order valence-corrected chi connectivity index (χ0v) is 12.2. The van der Waals surface area contributed by atoms with Crippen molar-refractivity contribution in [3.05, 3.63) is 47.4 Å². The Hall–Kier alpha value is -1.75. The van der Waals surface area contributed by atoms with E-state index in [4.69, 9.17) is 4.52 Å². The molecule has 0 unspecified atom stereocenters. The number of nitrogens with one attached hydrogen (secondary N) is 1. The minimum absolute atomic E-state index is 0.0221. The fourth-order valence-electron chi connectivity index (χ4n) is 2.98.